The standard InChI is InChI=1S/C61H64F12N14/c1-4-43-10-8-11-45-25-47(56(75-54(43)45)85(29-37-13-14-37)30-38-15-16-38)35-86(32-42-22-50(60(68,69)70)27-51(23-42)61(71,72)73)57-77-80-87(78-57)33-40-18-17-39(19-40)31-84(5-2)55-46(24-44-9-6-7-12-52(44)74-55)34-83(36-53-76-79-81-82(53)3)28-41-20-48(58(62,63)64)26-49(21-41)59(65,66)67/h6-12,20-27,37-40H,4-5,13-19,28-36H2,1-3H3. The molecule has 2 atom stereocenters. The third kappa shape index (κ3) is 14.9. The first-order valence-corrected chi connectivity index (χ1v) is 29.2. The topological polar surface area (TPSA) is 126 Å². The molecular weight excluding hydrogens is 1160 g/mol. The van der Waals surface area contributed by atoms with Crippen LogP contribution in [-0.2, 0) is 77.4 Å². The van der Waals surface area contributed by atoms with Gasteiger partial charge < -0.3 is 14.7 Å². The van der Waals surface area contributed by atoms with Crippen LogP contribution in [0.25, 0.3) is 21.8 Å². The Kier molecular flexibility index (Phi) is 17.2. The lowest BCUT2D eigenvalue weighted by Gasteiger charge is -2.30. The lowest BCUT2D eigenvalue weighted by molar-refractivity contribution is -0.144. The van der Waals surface area contributed by atoms with Gasteiger partial charge in [-0.25, -0.2) is 14.6 Å². The van der Waals surface area contributed by atoms with Crippen LogP contribution < -0.4 is 14.7 Å². The molecule has 26 heteroatoms. The van der Waals surface area contributed by atoms with Crippen LogP contribution in [0.3, 0.4) is 0 Å². The molecule has 0 bridgehead atoms. The minimum atomic E-state index is -5.07. The zero-order valence-electron chi connectivity index (χ0n) is 48.0. The van der Waals surface area contributed by atoms with E-state index < -0.39 is 53.5 Å². The van der Waals surface area contributed by atoms with Crippen LogP contribution in [0.1, 0.15) is 115 Å². The highest BCUT2D eigenvalue weighted by molar-refractivity contribution is 5.85. The molecule has 3 saturated carbocycles. The second-order valence-electron chi connectivity index (χ2n) is 23.5. The van der Waals surface area contributed by atoms with E-state index in [1.54, 1.807) is 16.8 Å². The molecule has 0 N–H and O–H groups in total. The molecule has 11 rings (SSSR count). The van der Waals surface area contributed by atoms with Gasteiger partial charge in [0.2, 0.25) is 0 Å². The number of fused-ring (bicyclic) bond motifs is 2. The Morgan fingerprint density at radius 2 is 1.06 bits per heavy atom. The van der Waals surface area contributed by atoms with Crippen molar-refractivity contribution in [2.75, 3.05) is 40.9 Å². The number of aromatic nitrogens is 10. The summed E-state index contributed by atoms with van der Waals surface area (Å²) in [4.78, 5) is 19.5. The molecule has 462 valence electrons. The highest BCUT2D eigenvalue weighted by Gasteiger charge is 2.40. The van der Waals surface area contributed by atoms with Crippen molar-refractivity contribution in [1.29, 1.82) is 0 Å². The van der Waals surface area contributed by atoms with E-state index in [1.165, 1.54) is 9.48 Å². The second kappa shape index (κ2) is 24.5. The van der Waals surface area contributed by atoms with E-state index in [0.29, 0.717) is 90.5 Å². The van der Waals surface area contributed by atoms with Crippen molar-refractivity contribution in [3.8, 4) is 0 Å². The van der Waals surface area contributed by atoms with E-state index in [9.17, 15) is 52.7 Å². The van der Waals surface area contributed by atoms with Crippen LogP contribution in [0.5, 0.6) is 0 Å². The predicted molar refractivity (Wildman–Crippen MR) is 302 cm³/mol. The summed E-state index contributed by atoms with van der Waals surface area (Å²) in [7, 11) is 1.58. The average molecular weight is 1220 g/mol. The van der Waals surface area contributed by atoms with E-state index in [4.69, 9.17) is 15.1 Å². The highest BCUT2D eigenvalue weighted by atomic mass is 19.4. The zero-order chi connectivity index (χ0) is 61.6. The maximum atomic E-state index is 14.3. The first kappa shape index (κ1) is 61.0. The quantitative estimate of drug-likeness (QED) is 0.0566. The number of pyridine rings is 2. The summed E-state index contributed by atoms with van der Waals surface area (Å²) in [6.07, 6.45) is -13.0. The van der Waals surface area contributed by atoms with E-state index in [0.717, 1.165) is 85.6 Å². The third-order valence-electron chi connectivity index (χ3n) is 16.7. The minimum absolute atomic E-state index is 0.00482. The molecule has 0 aliphatic heterocycles. The van der Waals surface area contributed by atoms with Crippen LogP contribution >= 0.6 is 0 Å². The molecule has 3 fully saturated rings. The average Bonchev–Trinajstić information content (AvgIpc) is 2.15. The molecule has 0 spiro atoms. The molecule has 4 aromatic carbocycles. The molecule has 0 amide bonds. The van der Waals surface area contributed by atoms with Crippen LogP contribution in [0.4, 0.5) is 70.3 Å². The molecule has 3 aliphatic rings. The number of halogens is 12. The van der Waals surface area contributed by atoms with E-state index in [2.05, 4.69) is 35.6 Å². The number of rotatable bonds is 23. The van der Waals surface area contributed by atoms with Crippen LogP contribution in [0.2, 0.25) is 0 Å². The van der Waals surface area contributed by atoms with Gasteiger partial charge in [0.15, 0.2) is 5.82 Å². The number of hydrogen-bond acceptors (Lipinski definition) is 12. The lowest BCUT2D eigenvalue weighted by atomic mass is 10.0. The third-order valence-corrected chi connectivity index (χ3v) is 16.7. The number of aryl methyl sites for hydroxylation is 2. The number of anilines is 3. The van der Waals surface area contributed by atoms with Gasteiger partial charge in [0, 0.05) is 81.3 Å². The van der Waals surface area contributed by atoms with Crippen molar-refractivity contribution in [2.45, 2.75) is 129 Å². The Morgan fingerprint density at radius 3 is 1.64 bits per heavy atom. The number of hydrogen-bond donors (Lipinski definition) is 0. The van der Waals surface area contributed by atoms with Gasteiger partial charge in [-0.1, -0.05) is 48.4 Å². The zero-order valence-corrected chi connectivity index (χ0v) is 48.0. The normalized spacial score (nSPS) is 16.9. The van der Waals surface area contributed by atoms with Gasteiger partial charge in [0.05, 0.1) is 46.4 Å². The molecule has 87 heavy (non-hydrogen) atoms. The van der Waals surface area contributed by atoms with Crippen molar-refractivity contribution >= 4 is 39.4 Å². The summed E-state index contributed by atoms with van der Waals surface area (Å²) in [6, 6.07) is 20.3. The highest BCUT2D eigenvalue weighted by Crippen LogP contribution is 2.42. The van der Waals surface area contributed by atoms with E-state index in [-0.39, 0.29) is 67.2 Å². The molecule has 4 aromatic heterocycles. The molecular formula is C61H64F12N14. The summed E-state index contributed by atoms with van der Waals surface area (Å²) in [5.41, 5.74) is -2.32. The van der Waals surface area contributed by atoms with Crippen molar-refractivity contribution in [1.82, 2.24) is 55.3 Å². The Bertz CT molecular complexity index is 3640. The monoisotopic (exact) mass is 1220 g/mol. The Labute approximate surface area is 493 Å². The van der Waals surface area contributed by atoms with Gasteiger partial charge in [-0.3, -0.25) is 4.90 Å². The van der Waals surface area contributed by atoms with Crippen molar-refractivity contribution in [3.63, 3.8) is 0 Å². The smallest absolute Gasteiger partial charge is 0.356 e. The Hall–Kier alpha value is -7.64. The van der Waals surface area contributed by atoms with Gasteiger partial charge in [0.25, 0.3) is 5.95 Å². The van der Waals surface area contributed by atoms with Crippen LogP contribution in [0, 0.1) is 23.7 Å². The predicted octanol–water partition coefficient (Wildman–Crippen LogP) is 13.9. The first-order chi connectivity index (χ1) is 41.3. The van der Waals surface area contributed by atoms with Gasteiger partial charge in [-0.2, -0.15) is 57.5 Å². The molecule has 0 saturated heterocycles. The van der Waals surface area contributed by atoms with Crippen LogP contribution in [-0.4, -0.2) is 81.5 Å². The summed E-state index contributed by atoms with van der Waals surface area (Å²) < 4.78 is 172. The maximum Gasteiger partial charge on any atom is 0.416 e. The summed E-state index contributed by atoms with van der Waals surface area (Å²) in [5, 5.41) is 26.9. The number of nitrogens with zero attached hydrogens (tertiary/aromatic N) is 14. The fraction of sp³-hybridized carbons (Fsp3) is 0.475. The number of alkyl halides is 12. The molecule has 3 aliphatic carbocycles. The molecule has 0 radical (unpaired) electrons. The van der Waals surface area contributed by atoms with E-state index >= 15 is 0 Å². The minimum Gasteiger partial charge on any atom is -0.356 e. The molecule has 8 aromatic rings. The molecule has 4 heterocycles. The van der Waals surface area contributed by atoms with E-state index in [1.807, 2.05) is 68.4 Å². The molecule has 2 unspecified atom stereocenters. The Morgan fingerprint density at radius 1 is 0.506 bits per heavy atom. The lowest BCUT2D eigenvalue weighted by Crippen LogP contribution is -2.32. The summed E-state index contributed by atoms with van der Waals surface area (Å²) >= 11 is 0. The largest absolute Gasteiger partial charge is 0.416 e. The van der Waals surface area contributed by atoms with Gasteiger partial charge in [0.1, 0.15) is 11.6 Å². The van der Waals surface area contributed by atoms with Gasteiger partial charge >= 0.3 is 24.7 Å². The Balaban J connectivity index is 0.870. The fourth-order valence-corrected chi connectivity index (χ4v) is 11.9. The van der Waals surface area contributed by atoms with Crippen LogP contribution in [0.15, 0.2) is 91.0 Å². The van der Waals surface area contributed by atoms with Gasteiger partial charge in [-0.15, -0.1) is 10.2 Å². The number of para-hydroxylation sites is 2. The first-order valence-electron chi connectivity index (χ1n) is 29.2. The SMILES string of the molecule is CCc1cccc2cc(CN(Cc3cc(C(F)(F)F)cc(C(F)(F)F)c3)c3nnn(CC4CCC(CN(CC)c5nc6ccccc6cc5CN(Cc5cc(C(F)(F)F)cc(C(F)(F)F)c5)Cc5nnnn5C)C4)n3)c(N(CC3CC3)CC3CC3)nc12. The van der Waals surface area contributed by atoms with Crippen molar-refractivity contribution in [3.05, 3.63) is 147 Å². The van der Waals surface area contributed by atoms with Crippen molar-refractivity contribution in [2.24, 2.45) is 30.7 Å². The maximum absolute atomic E-state index is 14.3. The van der Waals surface area contributed by atoms with Gasteiger partial charge in [-0.05, 0) is 169 Å². The second-order valence-corrected chi connectivity index (χ2v) is 23.5. The molecule has 14 nitrogen and oxygen atoms in total. The number of benzene rings is 4. The number of tetrazole rings is 2. The fourth-order valence-electron chi connectivity index (χ4n) is 11.9. The summed E-state index contributed by atoms with van der Waals surface area (Å²) in [5.74, 6) is 2.64. The summed E-state index contributed by atoms with van der Waals surface area (Å²) in [6.45, 7) is 5.99. The van der Waals surface area contributed by atoms with Crippen molar-refractivity contribution < 1.29 is 52.7 Å².